The van der Waals surface area contributed by atoms with Crippen LogP contribution in [0.3, 0.4) is 0 Å². The lowest BCUT2D eigenvalue weighted by Crippen LogP contribution is -2.15. The van der Waals surface area contributed by atoms with Gasteiger partial charge < -0.3 is 5.11 Å². The standard InChI is InChI=1S/C8H9N3O2S2/c12-8(13)6-3-1-2-4-7(6)10-11-14-5-9-15-11/h1-4,9-10H,5H2,(H,12,13). The van der Waals surface area contributed by atoms with E-state index in [2.05, 4.69) is 10.1 Å². The smallest absolute Gasteiger partial charge is 0.337 e. The van der Waals surface area contributed by atoms with Gasteiger partial charge in [-0.1, -0.05) is 16.0 Å². The fourth-order valence-electron chi connectivity index (χ4n) is 1.12. The van der Waals surface area contributed by atoms with Crippen LogP contribution in [-0.2, 0) is 0 Å². The van der Waals surface area contributed by atoms with E-state index in [-0.39, 0.29) is 5.56 Å². The molecule has 0 spiro atoms. The Balaban J connectivity index is 2.15. The second-order valence-corrected chi connectivity index (χ2v) is 4.71. The van der Waals surface area contributed by atoms with E-state index in [0.29, 0.717) is 5.69 Å². The highest BCUT2D eigenvalue weighted by molar-refractivity contribution is 8.14. The Bertz CT molecular complexity index is 369. The molecule has 1 aliphatic heterocycles. The minimum Gasteiger partial charge on any atom is -0.478 e. The third-order valence-electron chi connectivity index (χ3n) is 1.76. The van der Waals surface area contributed by atoms with Crippen LogP contribution < -0.4 is 10.1 Å². The van der Waals surface area contributed by atoms with Gasteiger partial charge in [-0.15, -0.1) is 0 Å². The number of carboxylic acids is 1. The van der Waals surface area contributed by atoms with Crippen molar-refractivity contribution in [3.05, 3.63) is 29.8 Å². The number of hydrogen-bond donors (Lipinski definition) is 3. The lowest BCUT2D eigenvalue weighted by molar-refractivity contribution is 0.0698. The molecule has 1 heterocycles. The number of aromatic carboxylic acids is 1. The highest BCUT2D eigenvalue weighted by atomic mass is 32.2. The van der Waals surface area contributed by atoms with E-state index in [9.17, 15) is 4.79 Å². The van der Waals surface area contributed by atoms with Crippen molar-refractivity contribution >= 4 is 35.7 Å². The van der Waals surface area contributed by atoms with Crippen LogP contribution in [0.4, 0.5) is 5.69 Å². The molecular formula is C8H9N3O2S2. The van der Waals surface area contributed by atoms with Gasteiger partial charge in [0.2, 0.25) is 0 Å². The zero-order valence-electron chi connectivity index (χ0n) is 7.64. The van der Waals surface area contributed by atoms with Gasteiger partial charge in [-0.25, -0.2) is 9.52 Å². The summed E-state index contributed by atoms with van der Waals surface area (Å²) in [7, 11) is 0. The number of nitrogens with one attached hydrogen (secondary N) is 2. The molecule has 7 heteroatoms. The minimum absolute atomic E-state index is 0.269. The number of carbonyl (C=O) groups is 1. The average Bonchev–Trinajstić information content (AvgIpc) is 2.71. The van der Waals surface area contributed by atoms with Crippen LogP contribution in [0.15, 0.2) is 24.3 Å². The molecule has 1 aliphatic rings. The molecule has 3 N–H and O–H groups in total. The second kappa shape index (κ2) is 4.75. The van der Waals surface area contributed by atoms with Crippen LogP contribution in [0.2, 0.25) is 0 Å². The highest BCUT2D eigenvalue weighted by Crippen LogP contribution is 2.27. The minimum atomic E-state index is -0.930. The molecule has 0 saturated carbocycles. The lowest BCUT2D eigenvalue weighted by atomic mass is 10.2. The van der Waals surface area contributed by atoms with Crippen molar-refractivity contribution < 1.29 is 9.90 Å². The molecule has 0 atom stereocenters. The first-order valence-corrected chi connectivity index (χ1v) is 5.91. The third-order valence-corrected chi connectivity index (χ3v) is 3.61. The molecule has 1 saturated heterocycles. The molecule has 0 bridgehead atoms. The lowest BCUT2D eigenvalue weighted by Gasteiger charge is -2.15. The summed E-state index contributed by atoms with van der Waals surface area (Å²) >= 11 is 2.94. The normalized spacial score (nSPS) is 16.5. The first-order valence-electron chi connectivity index (χ1n) is 4.19. The molecule has 2 rings (SSSR count). The maximum absolute atomic E-state index is 10.9. The molecule has 1 fully saturated rings. The Morgan fingerprint density at radius 2 is 2.33 bits per heavy atom. The first kappa shape index (κ1) is 10.6. The first-order chi connectivity index (χ1) is 7.27. The number of hydrogen-bond acceptors (Lipinski definition) is 6. The van der Waals surface area contributed by atoms with Crippen LogP contribution in [0, 0.1) is 0 Å². The van der Waals surface area contributed by atoms with E-state index in [4.69, 9.17) is 5.11 Å². The number of benzene rings is 1. The van der Waals surface area contributed by atoms with Gasteiger partial charge in [0, 0.05) is 12.1 Å². The van der Waals surface area contributed by atoms with Crippen molar-refractivity contribution in [2.75, 3.05) is 11.3 Å². The summed E-state index contributed by atoms with van der Waals surface area (Å²) in [6, 6.07) is 6.82. The summed E-state index contributed by atoms with van der Waals surface area (Å²) in [6.45, 7) is 0. The van der Waals surface area contributed by atoms with Crippen LogP contribution in [0.5, 0.6) is 0 Å². The van der Waals surface area contributed by atoms with E-state index >= 15 is 0 Å². The Morgan fingerprint density at radius 1 is 1.53 bits per heavy atom. The number of carboxylic acid groups (broad SMARTS) is 1. The maximum Gasteiger partial charge on any atom is 0.337 e. The molecular weight excluding hydrogens is 234 g/mol. The van der Waals surface area contributed by atoms with Gasteiger partial charge >= 0.3 is 5.97 Å². The predicted octanol–water partition coefficient (Wildman–Crippen LogP) is 1.79. The third kappa shape index (κ3) is 2.57. The summed E-state index contributed by atoms with van der Waals surface area (Å²) < 4.78 is 4.82. The van der Waals surface area contributed by atoms with E-state index in [0.717, 1.165) is 5.88 Å². The van der Waals surface area contributed by atoms with Gasteiger partial charge in [0.15, 0.2) is 0 Å². The van der Waals surface area contributed by atoms with E-state index in [1.165, 1.54) is 24.1 Å². The Labute approximate surface area is 95.6 Å². The fraction of sp³-hybridized carbons (Fsp3) is 0.125. The number of anilines is 1. The predicted molar refractivity (Wildman–Crippen MR) is 62.0 cm³/mol. The van der Waals surface area contributed by atoms with Crippen LogP contribution in [0.25, 0.3) is 0 Å². The molecule has 80 valence electrons. The van der Waals surface area contributed by atoms with E-state index < -0.39 is 5.97 Å². The molecule has 0 aliphatic carbocycles. The van der Waals surface area contributed by atoms with Gasteiger partial charge in [-0.3, -0.25) is 5.43 Å². The second-order valence-electron chi connectivity index (χ2n) is 2.73. The highest BCUT2D eigenvalue weighted by Gasteiger charge is 2.16. The van der Waals surface area contributed by atoms with E-state index in [1.54, 1.807) is 28.1 Å². The molecule has 0 amide bonds. The SMILES string of the molecule is O=C(O)c1ccccc1NN1SCNS1. The zero-order valence-corrected chi connectivity index (χ0v) is 9.27. The Kier molecular flexibility index (Phi) is 3.37. The summed E-state index contributed by atoms with van der Waals surface area (Å²) in [4.78, 5) is 10.9. The summed E-state index contributed by atoms with van der Waals surface area (Å²) in [5.41, 5.74) is 3.87. The fourth-order valence-corrected chi connectivity index (χ4v) is 2.61. The van der Waals surface area contributed by atoms with Gasteiger partial charge in [0.05, 0.1) is 17.1 Å². The van der Waals surface area contributed by atoms with Crippen molar-refractivity contribution in [3.63, 3.8) is 0 Å². The van der Waals surface area contributed by atoms with Crippen molar-refractivity contribution in [2.45, 2.75) is 0 Å². The molecule has 0 unspecified atom stereocenters. The van der Waals surface area contributed by atoms with Gasteiger partial charge in [-0.05, 0) is 24.1 Å². The van der Waals surface area contributed by atoms with Crippen molar-refractivity contribution in [2.24, 2.45) is 0 Å². The topological polar surface area (TPSA) is 64.6 Å². The number of hydrazine groups is 1. The number of rotatable bonds is 3. The quantitative estimate of drug-likeness (QED) is 0.699. The average molecular weight is 243 g/mol. The zero-order chi connectivity index (χ0) is 10.7. The maximum atomic E-state index is 10.9. The molecule has 1 aromatic carbocycles. The van der Waals surface area contributed by atoms with Crippen LogP contribution >= 0.6 is 24.1 Å². The number of para-hydroxylation sites is 1. The Hall–Kier alpha value is -0.890. The van der Waals surface area contributed by atoms with Crippen molar-refractivity contribution in [1.29, 1.82) is 0 Å². The van der Waals surface area contributed by atoms with Crippen LogP contribution in [-0.4, -0.2) is 20.8 Å². The largest absolute Gasteiger partial charge is 0.478 e. The van der Waals surface area contributed by atoms with Crippen molar-refractivity contribution in [3.8, 4) is 0 Å². The van der Waals surface area contributed by atoms with Crippen LogP contribution in [0.1, 0.15) is 10.4 Å². The molecule has 15 heavy (non-hydrogen) atoms. The van der Waals surface area contributed by atoms with Crippen molar-refractivity contribution in [1.82, 2.24) is 8.54 Å². The molecule has 5 nitrogen and oxygen atoms in total. The van der Waals surface area contributed by atoms with Gasteiger partial charge in [-0.2, -0.15) is 0 Å². The summed E-state index contributed by atoms with van der Waals surface area (Å²) in [5, 5.41) is 8.95. The number of nitrogens with zero attached hydrogens (tertiary/aromatic N) is 1. The molecule has 1 aromatic rings. The summed E-state index contributed by atoms with van der Waals surface area (Å²) in [5.74, 6) is -0.132. The molecule has 0 aromatic heterocycles. The van der Waals surface area contributed by atoms with E-state index in [1.807, 2.05) is 0 Å². The van der Waals surface area contributed by atoms with Gasteiger partial charge in [0.1, 0.15) is 0 Å². The monoisotopic (exact) mass is 243 g/mol. The molecule has 0 radical (unpaired) electrons. The summed E-state index contributed by atoms with van der Waals surface area (Å²) in [6.07, 6.45) is 0. The van der Waals surface area contributed by atoms with Gasteiger partial charge in [0.25, 0.3) is 0 Å². The Morgan fingerprint density at radius 3 is 3.00 bits per heavy atom.